The lowest BCUT2D eigenvalue weighted by Gasteiger charge is -2.28. The van der Waals surface area contributed by atoms with Crippen molar-refractivity contribution in [3.05, 3.63) is 63.6 Å². The molecule has 0 aliphatic carbocycles. The monoisotopic (exact) mass is 489 g/mol. The number of aromatic nitrogens is 3. The molecule has 2 aromatic heterocycles. The number of fused-ring (bicyclic) bond motifs is 2. The van der Waals surface area contributed by atoms with Crippen LogP contribution in [0.15, 0.2) is 34.7 Å². The summed E-state index contributed by atoms with van der Waals surface area (Å²) < 4.78 is 7.22. The number of primary amides is 1. The minimum atomic E-state index is -0.654. The molecule has 3 N–H and O–H groups in total. The molecule has 0 bridgehead atoms. The van der Waals surface area contributed by atoms with E-state index in [1.807, 2.05) is 0 Å². The number of hydrogen-bond donors (Lipinski definition) is 2. The number of hydrogen-bond acceptors (Lipinski definition) is 6. The molecule has 0 fully saturated rings. The second-order valence-electron chi connectivity index (χ2n) is 8.29. The second kappa shape index (κ2) is 8.45. The molecule has 1 aliphatic rings. The first-order valence-electron chi connectivity index (χ1n) is 10.8. The highest BCUT2D eigenvalue weighted by atomic mass is 35.5. The maximum atomic E-state index is 13.0. The van der Waals surface area contributed by atoms with Gasteiger partial charge in [-0.25, -0.2) is 9.78 Å². The average Bonchev–Trinajstić information content (AvgIpc) is 3.39. The lowest BCUT2D eigenvalue weighted by molar-refractivity contribution is 0.0997. The van der Waals surface area contributed by atoms with Crippen molar-refractivity contribution < 1.29 is 14.0 Å². The van der Waals surface area contributed by atoms with Crippen LogP contribution in [0.1, 0.15) is 33.1 Å². The van der Waals surface area contributed by atoms with Crippen molar-refractivity contribution in [2.45, 2.75) is 26.9 Å². The number of amides is 3. The topological polar surface area (TPSA) is 143 Å². The van der Waals surface area contributed by atoms with E-state index in [-0.39, 0.29) is 18.1 Å². The van der Waals surface area contributed by atoms with Gasteiger partial charge in [0.25, 0.3) is 5.91 Å². The molecule has 3 amide bonds. The number of urea groups is 1. The molecule has 0 saturated carbocycles. The van der Waals surface area contributed by atoms with Crippen LogP contribution in [0.5, 0.6) is 0 Å². The van der Waals surface area contributed by atoms with Crippen LogP contribution in [0.3, 0.4) is 0 Å². The molecule has 1 aliphatic heterocycles. The predicted octanol–water partition coefficient (Wildman–Crippen LogP) is 3.98. The second-order valence-corrected chi connectivity index (χ2v) is 8.70. The number of rotatable bonds is 3. The number of oxazole rings is 1. The van der Waals surface area contributed by atoms with Gasteiger partial charge in [0.2, 0.25) is 0 Å². The molecule has 5 rings (SSSR count). The number of nitrogens with two attached hydrogens (primary N) is 1. The van der Waals surface area contributed by atoms with Crippen LogP contribution in [-0.2, 0) is 13.1 Å². The molecule has 3 heterocycles. The van der Waals surface area contributed by atoms with E-state index in [0.29, 0.717) is 63.3 Å². The first kappa shape index (κ1) is 22.4. The maximum absolute atomic E-state index is 13.0. The molecule has 35 heavy (non-hydrogen) atoms. The Bertz CT molecular complexity index is 1560. The molecular formula is C24H20ClN7O3. The minimum Gasteiger partial charge on any atom is -0.439 e. The number of carbonyl (C=O) groups excluding carboxylic acids is 2. The van der Waals surface area contributed by atoms with Crippen LogP contribution in [-0.4, -0.2) is 38.1 Å². The number of benzene rings is 2. The largest absolute Gasteiger partial charge is 0.439 e. The van der Waals surface area contributed by atoms with E-state index < -0.39 is 5.91 Å². The molecule has 0 radical (unpaired) electrons. The van der Waals surface area contributed by atoms with Gasteiger partial charge in [0.15, 0.2) is 11.5 Å². The minimum absolute atomic E-state index is 0.144. The molecule has 11 heteroatoms. The van der Waals surface area contributed by atoms with E-state index in [1.165, 1.54) is 0 Å². The van der Waals surface area contributed by atoms with Crippen molar-refractivity contribution in [1.29, 1.82) is 5.26 Å². The Labute approximate surface area is 204 Å². The van der Waals surface area contributed by atoms with Crippen LogP contribution in [0.25, 0.3) is 22.4 Å². The van der Waals surface area contributed by atoms with Crippen LogP contribution in [0, 0.1) is 25.2 Å². The van der Waals surface area contributed by atoms with Gasteiger partial charge >= 0.3 is 6.03 Å². The Morgan fingerprint density at radius 2 is 2.03 bits per heavy atom. The SMILES string of the molecule is Cc1nc2cc(-c3nn4c(c3C(N)=O)CN(C(=O)Nc3ccc(C#N)c(C)c3)CC4)cc(Cl)c2o1. The van der Waals surface area contributed by atoms with E-state index in [9.17, 15) is 9.59 Å². The van der Waals surface area contributed by atoms with Crippen LogP contribution < -0.4 is 11.1 Å². The zero-order chi connectivity index (χ0) is 24.9. The maximum Gasteiger partial charge on any atom is 0.322 e. The van der Waals surface area contributed by atoms with E-state index in [0.717, 1.165) is 5.56 Å². The predicted molar refractivity (Wildman–Crippen MR) is 129 cm³/mol. The lowest BCUT2D eigenvalue weighted by atomic mass is 10.0. The first-order valence-corrected chi connectivity index (χ1v) is 11.2. The Morgan fingerprint density at radius 3 is 2.74 bits per heavy atom. The first-order chi connectivity index (χ1) is 16.7. The van der Waals surface area contributed by atoms with Gasteiger partial charge in [-0.05, 0) is 42.8 Å². The smallest absolute Gasteiger partial charge is 0.322 e. The fourth-order valence-electron chi connectivity index (χ4n) is 4.26. The number of halogens is 1. The van der Waals surface area contributed by atoms with Gasteiger partial charge in [-0.1, -0.05) is 11.6 Å². The number of nitrogens with zero attached hydrogens (tertiary/aromatic N) is 5. The highest BCUT2D eigenvalue weighted by Crippen LogP contribution is 2.34. The van der Waals surface area contributed by atoms with E-state index in [4.69, 9.17) is 27.0 Å². The van der Waals surface area contributed by atoms with Gasteiger partial charge in [-0.15, -0.1) is 0 Å². The Kier molecular flexibility index (Phi) is 5.42. The number of aryl methyl sites for hydroxylation is 2. The summed E-state index contributed by atoms with van der Waals surface area (Å²) in [5, 5.41) is 16.9. The third-order valence-electron chi connectivity index (χ3n) is 5.94. The Hall–Kier alpha value is -4.36. The van der Waals surface area contributed by atoms with Gasteiger partial charge in [0, 0.05) is 24.7 Å². The summed E-state index contributed by atoms with van der Waals surface area (Å²) in [6.07, 6.45) is 0. The van der Waals surface area contributed by atoms with Gasteiger partial charge in [0.1, 0.15) is 11.2 Å². The number of carbonyl (C=O) groups is 2. The normalized spacial score (nSPS) is 12.9. The molecule has 0 atom stereocenters. The summed E-state index contributed by atoms with van der Waals surface area (Å²) >= 11 is 6.39. The van der Waals surface area contributed by atoms with E-state index >= 15 is 0 Å². The standard InChI is InChI=1S/C24H20ClN7O3/c1-12-7-16(4-3-14(12)10-26)29-24(34)31-5-6-32-19(11-31)20(23(27)33)21(30-32)15-8-17(25)22-18(9-15)28-13(2)35-22/h3-4,7-9H,5-6,11H2,1-2H3,(H2,27,33)(H,29,34). The quantitative estimate of drug-likeness (QED) is 0.445. The summed E-state index contributed by atoms with van der Waals surface area (Å²) in [5.41, 5.74) is 10.4. The molecular weight excluding hydrogens is 470 g/mol. The highest BCUT2D eigenvalue weighted by molar-refractivity contribution is 6.35. The van der Waals surface area contributed by atoms with Crippen molar-refractivity contribution in [2.75, 3.05) is 11.9 Å². The van der Waals surface area contributed by atoms with Gasteiger partial charge < -0.3 is 20.4 Å². The molecule has 4 aromatic rings. The molecule has 176 valence electrons. The molecule has 0 unspecified atom stereocenters. The summed E-state index contributed by atoms with van der Waals surface area (Å²) in [5.74, 6) is -0.184. The third kappa shape index (κ3) is 3.96. The van der Waals surface area contributed by atoms with Crippen LogP contribution in [0.2, 0.25) is 5.02 Å². The zero-order valence-corrected chi connectivity index (χ0v) is 19.7. The summed E-state index contributed by atoms with van der Waals surface area (Å²) in [6.45, 7) is 4.44. The van der Waals surface area contributed by atoms with Crippen LogP contribution in [0.4, 0.5) is 10.5 Å². The van der Waals surface area contributed by atoms with Crippen molar-refractivity contribution in [1.82, 2.24) is 19.7 Å². The van der Waals surface area contributed by atoms with E-state index in [1.54, 1.807) is 53.8 Å². The molecule has 2 aromatic carbocycles. The Morgan fingerprint density at radius 1 is 1.23 bits per heavy atom. The zero-order valence-electron chi connectivity index (χ0n) is 18.9. The third-order valence-corrected chi connectivity index (χ3v) is 6.22. The molecule has 10 nitrogen and oxygen atoms in total. The van der Waals surface area contributed by atoms with Gasteiger partial charge in [-0.3, -0.25) is 9.48 Å². The fraction of sp³-hybridized carbons (Fsp3) is 0.208. The van der Waals surface area contributed by atoms with Crippen molar-refractivity contribution in [3.8, 4) is 17.3 Å². The fourth-order valence-corrected chi connectivity index (χ4v) is 4.51. The van der Waals surface area contributed by atoms with Crippen molar-refractivity contribution in [2.24, 2.45) is 5.73 Å². The highest BCUT2D eigenvalue weighted by Gasteiger charge is 2.30. The number of nitriles is 1. The number of anilines is 1. The van der Waals surface area contributed by atoms with E-state index in [2.05, 4.69) is 21.5 Å². The summed E-state index contributed by atoms with van der Waals surface area (Å²) in [7, 11) is 0. The van der Waals surface area contributed by atoms with Gasteiger partial charge in [-0.2, -0.15) is 10.4 Å². The van der Waals surface area contributed by atoms with Crippen LogP contribution >= 0.6 is 11.6 Å². The number of nitrogens with one attached hydrogen (secondary N) is 1. The molecule has 0 spiro atoms. The Balaban J connectivity index is 1.46. The lowest BCUT2D eigenvalue weighted by Crippen LogP contribution is -2.41. The van der Waals surface area contributed by atoms with Gasteiger partial charge in [0.05, 0.1) is 41.0 Å². The summed E-state index contributed by atoms with van der Waals surface area (Å²) in [6, 6.07) is 10.3. The molecule has 0 saturated heterocycles. The van der Waals surface area contributed by atoms with Crippen molar-refractivity contribution in [3.63, 3.8) is 0 Å². The summed E-state index contributed by atoms with van der Waals surface area (Å²) in [4.78, 5) is 31.4. The van der Waals surface area contributed by atoms with Crippen molar-refractivity contribution >= 4 is 40.3 Å². The average molecular weight is 490 g/mol.